The van der Waals surface area contributed by atoms with Crippen molar-refractivity contribution < 1.29 is 5.11 Å². The van der Waals surface area contributed by atoms with Crippen LogP contribution < -0.4 is 0 Å². The fourth-order valence-electron chi connectivity index (χ4n) is 1.22. The van der Waals surface area contributed by atoms with Gasteiger partial charge in [-0.3, -0.25) is 0 Å². The minimum absolute atomic E-state index is 0.0325. The molecule has 1 aliphatic heterocycles. The van der Waals surface area contributed by atoms with Crippen molar-refractivity contribution >= 4 is 0 Å². The standard InChI is InChI=1S/C7H15NO.2C2H6/c1-8-5-2-3-7(9)4-6-8;2*1-2/h7,9H,2-6H2,1H3;2*1-2H3. The molecule has 0 spiro atoms. The summed E-state index contributed by atoms with van der Waals surface area (Å²) in [6.07, 6.45) is 3.06. The maximum atomic E-state index is 9.18. The Morgan fingerprint density at radius 3 is 2.08 bits per heavy atom. The van der Waals surface area contributed by atoms with Crippen LogP contribution in [0.4, 0.5) is 0 Å². The van der Waals surface area contributed by atoms with Gasteiger partial charge in [0.2, 0.25) is 0 Å². The van der Waals surface area contributed by atoms with Crippen LogP contribution >= 0.6 is 0 Å². The van der Waals surface area contributed by atoms with Crippen molar-refractivity contribution in [3.8, 4) is 0 Å². The molecule has 1 rings (SSSR count). The summed E-state index contributed by atoms with van der Waals surface area (Å²) >= 11 is 0. The summed E-state index contributed by atoms with van der Waals surface area (Å²) in [6.45, 7) is 10.2. The van der Waals surface area contributed by atoms with Gasteiger partial charge in [-0.25, -0.2) is 0 Å². The van der Waals surface area contributed by atoms with Crippen LogP contribution in [-0.2, 0) is 0 Å². The third kappa shape index (κ3) is 9.84. The first-order chi connectivity index (χ1) is 6.29. The van der Waals surface area contributed by atoms with E-state index in [1.165, 1.54) is 0 Å². The molecule has 2 nitrogen and oxygen atoms in total. The van der Waals surface area contributed by atoms with E-state index in [4.69, 9.17) is 0 Å². The van der Waals surface area contributed by atoms with Crippen LogP contribution in [0, 0.1) is 0 Å². The lowest BCUT2D eigenvalue weighted by molar-refractivity contribution is 0.157. The Kier molecular flexibility index (Phi) is 14.1. The molecule has 1 fully saturated rings. The molecule has 0 aromatic carbocycles. The summed E-state index contributed by atoms with van der Waals surface area (Å²) in [5, 5.41) is 9.18. The van der Waals surface area contributed by atoms with Crippen molar-refractivity contribution in [2.24, 2.45) is 0 Å². The van der Waals surface area contributed by atoms with Gasteiger partial charge in [0.25, 0.3) is 0 Å². The predicted molar refractivity (Wildman–Crippen MR) is 60.1 cm³/mol. The average molecular weight is 189 g/mol. The molecule has 0 radical (unpaired) electrons. The summed E-state index contributed by atoms with van der Waals surface area (Å²) < 4.78 is 0. The van der Waals surface area contributed by atoms with Crippen molar-refractivity contribution in [3.05, 3.63) is 0 Å². The maximum Gasteiger partial charge on any atom is 0.0553 e. The van der Waals surface area contributed by atoms with Gasteiger partial charge in [-0.2, -0.15) is 0 Å². The highest BCUT2D eigenvalue weighted by molar-refractivity contribution is 4.65. The zero-order chi connectivity index (χ0) is 10.7. The lowest BCUT2D eigenvalue weighted by Gasteiger charge is -2.10. The van der Waals surface area contributed by atoms with Gasteiger partial charge >= 0.3 is 0 Å². The zero-order valence-electron chi connectivity index (χ0n) is 10.0. The molecule has 0 saturated carbocycles. The number of hydrogen-bond acceptors (Lipinski definition) is 2. The lowest BCUT2D eigenvalue weighted by Crippen LogP contribution is -2.19. The Labute approximate surface area is 83.9 Å². The van der Waals surface area contributed by atoms with E-state index < -0.39 is 0 Å². The fraction of sp³-hybridized carbons (Fsp3) is 1.00. The molecule has 1 unspecified atom stereocenters. The number of nitrogens with zero attached hydrogens (tertiary/aromatic N) is 1. The second kappa shape index (κ2) is 11.9. The van der Waals surface area contributed by atoms with Gasteiger partial charge < -0.3 is 10.0 Å². The second-order valence-electron chi connectivity index (χ2n) is 2.89. The van der Waals surface area contributed by atoms with E-state index in [-0.39, 0.29) is 6.10 Å². The molecule has 1 N–H and O–H groups in total. The van der Waals surface area contributed by atoms with E-state index in [2.05, 4.69) is 11.9 Å². The van der Waals surface area contributed by atoms with Gasteiger partial charge in [-0.05, 0) is 32.9 Å². The molecule has 1 aliphatic rings. The van der Waals surface area contributed by atoms with E-state index in [0.717, 1.165) is 32.4 Å². The van der Waals surface area contributed by atoms with E-state index in [9.17, 15) is 5.11 Å². The molecule has 0 aromatic heterocycles. The summed E-state index contributed by atoms with van der Waals surface area (Å²) in [4.78, 5) is 2.27. The van der Waals surface area contributed by atoms with Gasteiger partial charge in [0.15, 0.2) is 0 Å². The van der Waals surface area contributed by atoms with Crippen LogP contribution in [0.1, 0.15) is 47.0 Å². The molecule has 1 heterocycles. The molecule has 0 aliphatic carbocycles. The summed E-state index contributed by atoms with van der Waals surface area (Å²) in [7, 11) is 2.11. The largest absolute Gasteiger partial charge is 0.393 e. The molecular weight excluding hydrogens is 162 g/mol. The Morgan fingerprint density at radius 2 is 1.54 bits per heavy atom. The van der Waals surface area contributed by atoms with Crippen LogP contribution in [0.2, 0.25) is 0 Å². The van der Waals surface area contributed by atoms with Gasteiger partial charge in [0, 0.05) is 6.54 Å². The molecule has 0 amide bonds. The lowest BCUT2D eigenvalue weighted by atomic mass is 10.2. The molecule has 0 aromatic rings. The molecule has 13 heavy (non-hydrogen) atoms. The van der Waals surface area contributed by atoms with Crippen molar-refractivity contribution in [2.75, 3.05) is 20.1 Å². The molecular formula is C11H27NO. The van der Waals surface area contributed by atoms with Crippen LogP contribution in [-0.4, -0.2) is 36.2 Å². The van der Waals surface area contributed by atoms with Crippen LogP contribution in [0.25, 0.3) is 0 Å². The fourth-order valence-corrected chi connectivity index (χ4v) is 1.22. The summed E-state index contributed by atoms with van der Waals surface area (Å²) in [6, 6.07) is 0. The third-order valence-electron chi connectivity index (χ3n) is 1.92. The number of aliphatic hydroxyl groups is 1. The minimum atomic E-state index is -0.0325. The minimum Gasteiger partial charge on any atom is -0.393 e. The van der Waals surface area contributed by atoms with Gasteiger partial charge in [-0.15, -0.1) is 0 Å². The van der Waals surface area contributed by atoms with Crippen molar-refractivity contribution in [2.45, 2.75) is 53.1 Å². The summed E-state index contributed by atoms with van der Waals surface area (Å²) in [5.41, 5.74) is 0. The van der Waals surface area contributed by atoms with Gasteiger partial charge in [-0.1, -0.05) is 27.7 Å². The van der Waals surface area contributed by atoms with E-state index in [1.54, 1.807) is 0 Å². The molecule has 82 valence electrons. The average Bonchev–Trinajstić information content (AvgIpc) is 2.38. The van der Waals surface area contributed by atoms with E-state index >= 15 is 0 Å². The van der Waals surface area contributed by atoms with Crippen molar-refractivity contribution in [1.82, 2.24) is 4.90 Å². The Bertz CT molecular complexity index is 76.2. The predicted octanol–water partition coefficient (Wildman–Crippen LogP) is 2.52. The smallest absolute Gasteiger partial charge is 0.0553 e. The van der Waals surface area contributed by atoms with E-state index in [1.807, 2.05) is 27.7 Å². The monoisotopic (exact) mass is 189 g/mol. The highest BCUT2D eigenvalue weighted by Crippen LogP contribution is 2.08. The van der Waals surface area contributed by atoms with Crippen LogP contribution in [0.3, 0.4) is 0 Å². The molecule has 0 bridgehead atoms. The molecule has 2 heteroatoms. The maximum absolute atomic E-state index is 9.18. The zero-order valence-corrected chi connectivity index (χ0v) is 10.0. The highest BCUT2D eigenvalue weighted by Gasteiger charge is 2.10. The molecule has 1 saturated heterocycles. The van der Waals surface area contributed by atoms with Crippen molar-refractivity contribution in [1.29, 1.82) is 0 Å². The van der Waals surface area contributed by atoms with Crippen molar-refractivity contribution in [3.63, 3.8) is 0 Å². The third-order valence-corrected chi connectivity index (χ3v) is 1.92. The number of hydrogen-bond donors (Lipinski definition) is 1. The highest BCUT2D eigenvalue weighted by atomic mass is 16.3. The first-order valence-corrected chi connectivity index (χ1v) is 5.65. The van der Waals surface area contributed by atoms with Crippen LogP contribution in [0.5, 0.6) is 0 Å². The Morgan fingerprint density at radius 1 is 1.00 bits per heavy atom. The Balaban J connectivity index is 0. The van der Waals surface area contributed by atoms with E-state index in [0.29, 0.717) is 0 Å². The van der Waals surface area contributed by atoms with Crippen LogP contribution in [0.15, 0.2) is 0 Å². The topological polar surface area (TPSA) is 23.5 Å². The van der Waals surface area contributed by atoms with Gasteiger partial charge in [0.1, 0.15) is 0 Å². The number of likely N-dealkylation sites (tertiary alicyclic amines) is 1. The molecule has 1 atom stereocenters. The number of aliphatic hydroxyl groups excluding tert-OH is 1. The number of rotatable bonds is 0. The normalized spacial score (nSPS) is 23.1. The SMILES string of the molecule is CC.CC.CN1CCCC(O)CC1. The Hall–Kier alpha value is -0.0800. The first-order valence-electron chi connectivity index (χ1n) is 5.65. The second-order valence-corrected chi connectivity index (χ2v) is 2.89. The first kappa shape index (κ1) is 15.4. The van der Waals surface area contributed by atoms with Gasteiger partial charge in [0.05, 0.1) is 6.10 Å². The quantitative estimate of drug-likeness (QED) is 0.633. The summed E-state index contributed by atoms with van der Waals surface area (Å²) in [5.74, 6) is 0.